The molecule has 0 aliphatic carbocycles. The molecule has 0 fully saturated rings. The first-order chi connectivity index (χ1) is 14.4. The number of esters is 4. The molecule has 0 spiro atoms. The Morgan fingerprint density at radius 3 is 1.90 bits per heavy atom. The Labute approximate surface area is 176 Å². The van der Waals surface area contributed by atoms with Crippen molar-refractivity contribution in [3.63, 3.8) is 0 Å². The molecule has 2 N–H and O–H groups in total. The molecule has 0 saturated heterocycles. The van der Waals surface area contributed by atoms with Gasteiger partial charge in [-0.1, -0.05) is 0 Å². The van der Waals surface area contributed by atoms with Gasteiger partial charge in [0.15, 0.2) is 0 Å². The molecule has 168 valence electrons. The second-order valence-electron chi connectivity index (χ2n) is 5.76. The van der Waals surface area contributed by atoms with Gasteiger partial charge in [-0.3, -0.25) is 0 Å². The molecule has 0 aromatic heterocycles. The van der Waals surface area contributed by atoms with Crippen LogP contribution < -0.4 is 5.32 Å². The number of hydrogen-bond donors (Lipinski definition) is 2. The lowest BCUT2D eigenvalue weighted by atomic mass is 10.2. The molecule has 0 saturated carbocycles. The predicted molar refractivity (Wildman–Crippen MR) is 108 cm³/mol. The van der Waals surface area contributed by atoms with Crippen molar-refractivity contribution in [2.24, 2.45) is 0 Å². The van der Waals surface area contributed by atoms with Crippen LogP contribution in [0, 0.1) is 5.41 Å². The number of rotatable bonds is 16. The van der Waals surface area contributed by atoms with Gasteiger partial charge in [-0.15, -0.1) is 0 Å². The first kappa shape index (κ1) is 27.0. The van der Waals surface area contributed by atoms with E-state index >= 15 is 0 Å². The lowest BCUT2D eigenvalue weighted by Crippen LogP contribution is -2.35. The van der Waals surface area contributed by atoms with E-state index in [1.165, 1.54) is 6.21 Å². The van der Waals surface area contributed by atoms with Crippen LogP contribution in [0.3, 0.4) is 0 Å². The van der Waals surface area contributed by atoms with E-state index in [2.05, 4.69) is 14.8 Å². The second kappa shape index (κ2) is 18.0. The molecule has 0 rings (SSSR count). The summed E-state index contributed by atoms with van der Waals surface area (Å²) in [5, 5.41) is 10.1. The average molecular weight is 426 g/mol. The van der Waals surface area contributed by atoms with Gasteiger partial charge < -0.3 is 29.7 Å². The summed E-state index contributed by atoms with van der Waals surface area (Å²) < 4.78 is 19.5. The van der Waals surface area contributed by atoms with Crippen molar-refractivity contribution in [1.29, 1.82) is 5.41 Å². The summed E-state index contributed by atoms with van der Waals surface area (Å²) in [5.74, 6) is -2.94. The minimum atomic E-state index is -0.813. The molecule has 0 bridgehead atoms. The number of carbonyl (C=O) groups excluding carboxylic acids is 4. The summed E-state index contributed by atoms with van der Waals surface area (Å²) in [4.78, 5) is 46.0. The Kier molecular flexibility index (Phi) is 16.2. The van der Waals surface area contributed by atoms with Crippen LogP contribution in [0.25, 0.3) is 0 Å². The van der Waals surface area contributed by atoms with E-state index < -0.39 is 30.0 Å². The number of hydrogen-bond acceptors (Lipinski definition) is 10. The van der Waals surface area contributed by atoms with Crippen molar-refractivity contribution in [2.75, 3.05) is 32.9 Å². The molecule has 0 aliphatic rings. The van der Waals surface area contributed by atoms with Gasteiger partial charge in [-0.05, 0) is 45.9 Å². The van der Waals surface area contributed by atoms with Crippen molar-refractivity contribution in [3.8, 4) is 0 Å². The van der Waals surface area contributed by atoms with E-state index in [4.69, 9.17) is 14.9 Å². The summed E-state index contributed by atoms with van der Waals surface area (Å²) in [6, 6.07) is 0. The third kappa shape index (κ3) is 16.0. The maximum atomic E-state index is 11.9. The highest BCUT2D eigenvalue weighted by atomic mass is 16.6. The monoisotopic (exact) mass is 426 g/mol. The van der Waals surface area contributed by atoms with E-state index in [0.29, 0.717) is 13.0 Å². The van der Waals surface area contributed by atoms with E-state index in [1.807, 2.05) is 0 Å². The van der Waals surface area contributed by atoms with Gasteiger partial charge in [0.2, 0.25) is 0 Å². The first-order valence-corrected chi connectivity index (χ1v) is 9.69. The van der Waals surface area contributed by atoms with E-state index in [0.717, 1.165) is 37.1 Å². The maximum Gasteiger partial charge on any atom is 0.331 e. The van der Waals surface area contributed by atoms with Crippen LogP contribution in [0.15, 0.2) is 24.3 Å². The van der Waals surface area contributed by atoms with Crippen molar-refractivity contribution in [1.82, 2.24) is 5.32 Å². The topological polar surface area (TPSA) is 141 Å². The number of unbranched alkanes of at least 4 members (excludes halogenated alkanes) is 2. The molecule has 0 amide bonds. The van der Waals surface area contributed by atoms with Crippen LogP contribution in [0.1, 0.15) is 33.1 Å². The summed E-state index contributed by atoms with van der Waals surface area (Å²) in [5.41, 5.74) is 0. The SMILES string of the molecule is CCOC(=O)/C=C/C(=O)OCC(CNCCCCC=N)OC(=O)/C=C/C(=O)OCC. The van der Waals surface area contributed by atoms with Gasteiger partial charge in [0, 0.05) is 30.8 Å². The highest BCUT2D eigenvalue weighted by Crippen LogP contribution is 1.98. The third-order valence-electron chi connectivity index (χ3n) is 3.30. The van der Waals surface area contributed by atoms with Crippen molar-refractivity contribution >= 4 is 30.1 Å². The molecule has 10 nitrogen and oxygen atoms in total. The highest BCUT2D eigenvalue weighted by molar-refractivity contribution is 5.92. The number of carbonyl (C=O) groups is 4. The van der Waals surface area contributed by atoms with Crippen LogP contribution in [0.2, 0.25) is 0 Å². The largest absolute Gasteiger partial charge is 0.463 e. The third-order valence-corrected chi connectivity index (χ3v) is 3.30. The Bertz CT molecular complexity index is 616. The Balaban J connectivity index is 4.63. The normalized spacial score (nSPS) is 11.8. The molecule has 0 aromatic carbocycles. The fourth-order valence-corrected chi connectivity index (χ4v) is 1.97. The molecular weight excluding hydrogens is 396 g/mol. The number of ether oxygens (including phenoxy) is 4. The lowest BCUT2D eigenvalue weighted by Gasteiger charge is -2.17. The van der Waals surface area contributed by atoms with Crippen LogP contribution >= 0.6 is 0 Å². The summed E-state index contributed by atoms with van der Waals surface area (Å²) in [7, 11) is 0. The molecular formula is C20H30N2O8. The van der Waals surface area contributed by atoms with Crippen molar-refractivity contribution in [2.45, 2.75) is 39.2 Å². The van der Waals surface area contributed by atoms with Gasteiger partial charge >= 0.3 is 23.9 Å². The zero-order chi connectivity index (χ0) is 22.6. The maximum absolute atomic E-state index is 11.9. The fourth-order valence-electron chi connectivity index (χ4n) is 1.97. The Morgan fingerprint density at radius 1 is 0.833 bits per heavy atom. The van der Waals surface area contributed by atoms with E-state index in [-0.39, 0.29) is 26.4 Å². The smallest absolute Gasteiger partial charge is 0.331 e. The zero-order valence-electron chi connectivity index (χ0n) is 17.4. The molecule has 1 atom stereocenters. The van der Waals surface area contributed by atoms with Crippen molar-refractivity contribution < 1.29 is 38.1 Å². The van der Waals surface area contributed by atoms with Gasteiger partial charge in [-0.2, -0.15) is 0 Å². The summed E-state index contributed by atoms with van der Waals surface area (Å²) in [6.45, 7) is 4.21. The minimum Gasteiger partial charge on any atom is -0.463 e. The second-order valence-corrected chi connectivity index (χ2v) is 5.76. The van der Waals surface area contributed by atoms with Gasteiger partial charge in [0.1, 0.15) is 12.7 Å². The Morgan fingerprint density at radius 2 is 1.37 bits per heavy atom. The van der Waals surface area contributed by atoms with Crippen LogP contribution in [0.4, 0.5) is 0 Å². The van der Waals surface area contributed by atoms with Crippen molar-refractivity contribution in [3.05, 3.63) is 24.3 Å². The molecule has 0 heterocycles. The fraction of sp³-hybridized carbons (Fsp3) is 0.550. The molecule has 1 unspecified atom stereocenters. The van der Waals surface area contributed by atoms with Crippen LogP contribution in [0.5, 0.6) is 0 Å². The quantitative estimate of drug-likeness (QED) is 0.122. The summed E-state index contributed by atoms with van der Waals surface area (Å²) in [6.07, 6.45) is 6.61. The van der Waals surface area contributed by atoms with Gasteiger partial charge in [0.05, 0.1) is 13.2 Å². The molecule has 10 heteroatoms. The van der Waals surface area contributed by atoms with E-state index in [9.17, 15) is 19.2 Å². The zero-order valence-corrected chi connectivity index (χ0v) is 17.4. The number of nitrogens with one attached hydrogen (secondary N) is 2. The van der Waals surface area contributed by atoms with Crippen LogP contribution in [-0.2, 0) is 38.1 Å². The standard InChI is InChI=1S/C20H30N2O8/c1-3-27-17(23)8-9-19(25)29-15-16(14-22-13-7-5-6-12-21)30-20(26)11-10-18(24)28-4-2/h8-12,16,21-22H,3-7,13-15H2,1-2H3/b9-8+,11-10+,21-12?. The van der Waals surface area contributed by atoms with Crippen LogP contribution in [-0.4, -0.2) is 69.1 Å². The first-order valence-electron chi connectivity index (χ1n) is 9.69. The minimum absolute atomic E-state index is 0.179. The molecule has 0 radical (unpaired) electrons. The lowest BCUT2D eigenvalue weighted by molar-refractivity contribution is -0.152. The highest BCUT2D eigenvalue weighted by Gasteiger charge is 2.15. The summed E-state index contributed by atoms with van der Waals surface area (Å²) >= 11 is 0. The van der Waals surface area contributed by atoms with E-state index in [1.54, 1.807) is 13.8 Å². The molecule has 0 aliphatic heterocycles. The predicted octanol–water partition coefficient (Wildman–Crippen LogP) is 1.09. The molecule has 30 heavy (non-hydrogen) atoms. The average Bonchev–Trinajstić information content (AvgIpc) is 2.71. The molecule has 0 aromatic rings. The Hall–Kier alpha value is -3.01. The van der Waals surface area contributed by atoms with Gasteiger partial charge in [-0.25, -0.2) is 19.2 Å². The van der Waals surface area contributed by atoms with Gasteiger partial charge in [0.25, 0.3) is 0 Å².